The molecule has 3 rings (SSSR count). The van der Waals surface area contributed by atoms with Crippen LogP contribution in [-0.2, 0) is 17.6 Å². The fraction of sp³-hybridized carbons (Fsp3) is 0.250. The molecular formula is C20H18ClF3N4O3. The summed E-state index contributed by atoms with van der Waals surface area (Å²) in [5.74, 6) is -2.46. The van der Waals surface area contributed by atoms with Gasteiger partial charge in [0.1, 0.15) is 11.7 Å². The molecule has 0 atom stereocenters. The Balaban J connectivity index is 1.85. The van der Waals surface area contributed by atoms with E-state index in [0.29, 0.717) is 17.0 Å². The standard InChI is InChI=1S/C20H18ClF3N4O3/c1-31-20(29)26-5-4-25-17-9-12-11(8-15(23)18(24)19(12)27-17)16(28-30)7-10-2-3-14(22)13(21)6-10/h2-3,6,8,30H,4-5,7,9H2,1H3,(H,25,27)(H,26,29)/b28-16+. The lowest BCUT2D eigenvalue weighted by Gasteiger charge is -2.11. The third-order valence-corrected chi connectivity index (χ3v) is 4.89. The minimum absolute atomic E-state index is 0.00351. The van der Waals surface area contributed by atoms with Gasteiger partial charge in [-0.2, -0.15) is 0 Å². The number of rotatable bonds is 6. The van der Waals surface area contributed by atoms with Crippen molar-refractivity contribution in [2.75, 3.05) is 25.5 Å². The van der Waals surface area contributed by atoms with Gasteiger partial charge in [-0.05, 0) is 29.3 Å². The van der Waals surface area contributed by atoms with Crippen molar-refractivity contribution in [3.05, 3.63) is 63.4 Å². The highest BCUT2D eigenvalue weighted by Gasteiger charge is 2.28. The molecule has 0 bridgehead atoms. The summed E-state index contributed by atoms with van der Waals surface area (Å²) in [5, 5.41) is 17.9. The van der Waals surface area contributed by atoms with Gasteiger partial charge in [-0.1, -0.05) is 22.8 Å². The molecule has 0 saturated heterocycles. The fourth-order valence-electron chi connectivity index (χ4n) is 3.13. The number of fused-ring (bicyclic) bond motifs is 1. The molecule has 1 aliphatic heterocycles. The highest BCUT2D eigenvalue weighted by Crippen LogP contribution is 2.33. The topological polar surface area (TPSA) is 95.3 Å². The zero-order valence-electron chi connectivity index (χ0n) is 16.3. The predicted molar refractivity (Wildman–Crippen MR) is 110 cm³/mol. The zero-order valence-corrected chi connectivity index (χ0v) is 17.1. The molecule has 1 amide bonds. The summed E-state index contributed by atoms with van der Waals surface area (Å²) in [4.78, 5) is 15.3. The number of halogens is 4. The van der Waals surface area contributed by atoms with Crippen LogP contribution in [0.3, 0.4) is 0 Å². The third kappa shape index (κ3) is 5.08. The molecule has 7 nitrogen and oxygen atoms in total. The summed E-state index contributed by atoms with van der Waals surface area (Å²) in [6, 6.07) is 4.92. The molecule has 0 fully saturated rings. The zero-order chi connectivity index (χ0) is 22.5. The number of amidine groups is 1. The number of benzene rings is 2. The molecule has 0 radical (unpaired) electrons. The number of aliphatic imine (C=N–C) groups is 1. The second-order valence-corrected chi connectivity index (χ2v) is 7.00. The molecule has 164 valence electrons. The molecule has 2 aromatic carbocycles. The van der Waals surface area contributed by atoms with E-state index < -0.39 is 23.5 Å². The molecule has 3 N–H and O–H groups in total. The van der Waals surface area contributed by atoms with Crippen molar-refractivity contribution in [1.29, 1.82) is 0 Å². The maximum atomic E-state index is 14.4. The molecular weight excluding hydrogens is 437 g/mol. The van der Waals surface area contributed by atoms with Crippen molar-refractivity contribution in [2.24, 2.45) is 10.1 Å². The number of anilines is 1. The normalized spacial score (nSPS) is 14.4. The molecule has 0 unspecified atom stereocenters. The predicted octanol–water partition coefficient (Wildman–Crippen LogP) is 3.90. The Hall–Kier alpha value is -3.27. The number of carbonyl (C=O) groups excluding carboxylic acids is 1. The van der Waals surface area contributed by atoms with Crippen LogP contribution in [0.4, 0.5) is 23.7 Å². The largest absolute Gasteiger partial charge is 0.453 e. The molecule has 1 heterocycles. The monoisotopic (exact) mass is 454 g/mol. The number of alkyl carbamates (subject to hydrolysis) is 1. The Bertz CT molecular complexity index is 1080. The number of hydrogen-bond acceptors (Lipinski definition) is 5. The SMILES string of the molecule is COC(=O)NCCN=C1Cc2c(/C(Cc3ccc(F)c(Cl)c3)=N/O)cc(F)c(F)c2N1. The number of nitrogens with zero attached hydrogens (tertiary/aromatic N) is 2. The second-order valence-electron chi connectivity index (χ2n) is 6.59. The number of amides is 1. The summed E-state index contributed by atoms with van der Waals surface area (Å²) >= 11 is 5.79. The van der Waals surface area contributed by atoms with E-state index in [2.05, 4.69) is 25.5 Å². The Morgan fingerprint density at radius 3 is 2.74 bits per heavy atom. The van der Waals surface area contributed by atoms with Crippen molar-refractivity contribution in [1.82, 2.24) is 5.32 Å². The van der Waals surface area contributed by atoms with Crippen molar-refractivity contribution < 1.29 is 27.9 Å². The summed E-state index contributed by atoms with van der Waals surface area (Å²) in [5.41, 5.74) is 1.01. The maximum absolute atomic E-state index is 14.4. The highest BCUT2D eigenvalue weighted by molar-refractivity contribution is 6.30. The molecule has 11 heteroatoms. The highest BCUT2D eigenvalue weighted by atomic mass is 35.5. The summed E-state index contributed by atoms with van der Waals surface area (Å²) in [7, 11) is 1.23. The van der Waals surface area contributed by atoms with E-state index >= 15 is 0 Å². The minimum atomic E-state index is -1.13. The maximum Gasteiger partial charge on any atom is 0.406 e. The van der Waals surface area contributed by atoms with Crippen LogP contribution in [0.15, 0.2) is 34.4 Å². The first-order valence-corrected chi connectivity index (χ1v) is 9.50. The Kier molecular flexibility index (Phi) is 7.01. The average molecular weight is 455 g/mol. The molecule has 2 aromatic rings. The van der Waals surface area contributed by atoms with Gasteiger partial charge in [0.2, 0.25) is 0 Å². The number of nitrogens with one attached hydrogen (secondary N) is 2. The Morgan fingerprint density at radius 2 is 2.06 bits per heavy atom. The molecule has 0 aromatic heterocycles. The van der Waals surface area contributed by atoms with Crippen LogP contribution in [0.5, 0.6) is 0 Å². The van der Waals surface area contributed by atoms with Crippen molar-refractivity contribution >= 4 is 34.9 Å². The van der Waals surface area contributed by atoms with E-state index in [1.165, 1.54) is 19.2 Å². The fourth-order valence-corrected chi connectivity index (χ4v) is 3.34. The van der Waals surface area contributed by atoms with E-state index in [-0.39, 0.29) is 47.9 Å². The van der Waals surface area contributed by atoms with Gasteiger partial charge in [0.25, 0.3) is 0 Å². The van der Waals surface area contributed by atoms with Gasteiger partial charge in [0, 0.05) is 24.9 Å². The average Bonchev–Trinajstić information content (AvgIpc) is 3.19. The lowest BCUT2D eigenvalue weighted by atomic mass is 9.95. The van der Waals surface area contributed by atoms with Crippen molar-refractivity contribution in [3.8, 4) is 0 Å². The number of oxime groups is 1. The van der Waals surface area contributed by atoms with Gasteiger partial charge in [0.05, 0.1) is 30.1 Å². The first-order chi connectivity index (χ1) is 14.8. The molecule has 0 saturated carbocycles. The van der Waals surface area contributed by atoms with Crippen LogP contribution in [0.2, 0.25) is 5.02 Å². The van der Waals surface area contributed by atoms with Crippen LogP contribution in [0.25, 0.3) is 0 Å². The van der Waals surface area contributed by atoms with Gasteiger partial charge in [-0.25, -0.2) is 18.0 Å². The quantitative estimate of drug-likeness (QED) is 0.267. The minimum Gasteiger partial charge on any atom is -0.453 e. The molecule has 0 spiro atoms. The van der Waals surface area contributed by atoms with Gasteiger partial charge in [-0.15, -0.1) is 0 Å². The van der Waals surface area contributed by atoms with Gasteiger partial charge in [-0.3, -0.25) is 4.99 Å². The van der Waals surface area contributed by atoms with Crippen LogP contribution in [-0.4, -0.2) is 43.0 Å². The first kappa shape index (κ1) is 22.4. The van der Waals surface area contributed by atoms with Crippen molar-refractivity contribution in [2.45, 2.75) is 12.8 Å². The van der Waals surface area contributed by atoms with Gasteiger partial charge >= 0.3 is 6.09 Å². The smallest absolute Gasteiger partial charge is 0.406 e. The lowest BCUT2D eigenvalue weighted by Crippen LogP contribution is -2.26. The van der Waals surface area contributed by atoms with Crippen LogP contribution >= 0.6 is 11.6 Å². The van der Waals surface area contributed by atoms with Crippen LogP contribution < -0.4 is 10.6 Å². The van der Waals surface area contributed by atoms with E-state index in [9.17, 15) is 23.2 Å². The second kappa shape index (κ2) is 9.69. The van der Waals surface area contributed by atoms with E-state index in [1.54, 1.807) is 0 Å². The number of methoxy groups -OCH3 is 1. The van der Waals surface area contributed by atoms with E-state index in [4.69, 9.17) is 11.6 Å². The molecule has 1 aliphatic rings. The van der Waals surface area contributed by atoms with E-state index in [1.807, 2.05) is 0 Å². The molecule has 31 heavy (non-hydrogen) atoms. The molecule has 0 aliphatic carbocycles. The van der Waals surface area contributed by atoms with Gasteiger partial charge < -0.3 is 20.6 Å². The van der Waals surface area contributed by atoms with Crippen LogP contribution in [0.1, 0.15) is 16.7 Å². The van der Waals surface area contributed by atoms with Crippen LogP contribution in [0, 0.1) is 17.5 Å². The summed E-state index contributed by atoms with van der Waals surface area (Å²) in [6.45, 7) is 0.368. The van der Waals surface area contributed by atoms with E-state index in [0.717, 1.165) is 12.1 Å². The summed E-state index contributed by atoms with van der Waals surface area (Å²) in [6.07, 6.45) is -0.477. The first-order valence-electron chi connectivity index (χ1n) is 9.12. The van der Waals surface area contributed by atoms with Crippen molar-refractivity contribution in [3.63, 3.8) is 0 Å². The van der Waals surface area contributed by atoms with Gasteiger partial charge in [0.15, 0.2) is 11.6 Å². The Morgan fingerprint density at radius 1 is 1.29 bits per heavy atom. The Labute approximate surface area is 180 Å². The number of hydrogen-bond donors (Lipinski definition) is 3. The lowest BCUT2D eigenvalue weighted by molar-refractivity contribution is 0.171. The third-order valence-electron chi connectivity index (χ3n) is 4.60. The number of carbonyl (C=O) groups is 1. The number of ether oxygens (including phenoxy) is 1. The summed E-state index contributed by atoms with van der Waals surface area (Å²) < 4.78 is 46.4.